The van der Waals surface area contributed by atoms with Crippen LogP contribution in [0.4, 0.5) is 0 Å². The number of carbonyl (C=O) groups excluding carboxylic acids is 1. The molecule has 2 aromatic rings. The molecule has 0 atom stereocenters. The Morgan fingerprint density at radius 1 is 1.21 bits per heavy atom. The van der Waals surface area contributed by atoms with Crippen molar-refractivity contribution >= 4 is 23.4 Å². The Balaban J connectivity index is 2.29. The summed E-state index contributed by atoms with van der Waals surface area (Å²) in [4.78, 5) is 12.4. The topological polar surface area (TPSA) is 35.5 Å². The summed E-state index contributed by atoms with van der Waals surface area (Å²) in [5.74, 6) is 0.593. The summed E-state index contributed by atoms with van der Waals surface area (Å²) >= 11 is 1.60. The molecular formula is C20H24O3S. The number of hydrogen-bond acceptors (Lipinski definition) is 4. The summed E-state index contributed by atoms with van der Waals surface area (Å²) in [6.07, 6.45) is 3.26. The fourth-order valence-corrected chi connectivity index (χ4v) is 3.21. The minimum Gasteiger partial charge on any atom is -0.496 e. The van der Waals surface area contributed by atoms with Crippen molar-refractivity contribution in [2.45, 2.75) is 33.1 Å². The molecule has 0 amide bonds. The molecule has 128 valence electrons. The van der Waals surface area contributed by atoms with E-state index in [0.29, 0.717) is 6.61 Å². The first-order chi connectivity index (χ1) is 11.3. The Morgan fingerprint density at radius 2 is 1.96 bits per heavy atom. The number of thiophene rings is 1. The molecule has 0 aliphatic carbocycles. The number of benzene rings is 1. The van der Waals surface area contributed by atoms with Gasteiger partial charge in [-0.15, -0.1) is 11.3 Å². The summed E-state index contributed by atoms with van der Waals surface area (Å²) in [7, 11) is 1.70. The van der Waals surface area contributed by atoms with Crippen LogP contribution >= 0.6 is 11.3 Å². The molecule has 0 saturated carbocycles. The first kappa shape index (κ1) is 18.3. The van der Waals surface area contributed by atoms with E-state index in [1.165, 1.54) is 11.6 Å². The molecule has 0 spiro atoms. The second-order valence-corrected chi connectivity index (χ2v) is 7.43. The van der Waals surface area contributed by atoms with Gasteiger partial charge in [0.05, 0.1) is 13.7 Å². The molecule has 3 nitrogen and oxygen atoms in total. The molecule has 0 bridgehead atoms. The van der Waals surface area contributed by atoms with Crippen molar-refractivity contribution in [1.29, 1.82) is 0 Å². The summed E-state index contributed by atoms with van der Waals surface area (Å²) < 4.78 is 10.4. The lowest BCUT2D eigenvalue weighted by Crippen LogP contribution is -2.12. The lowest BCUT2D eigenvalue weighted by molar-refractivity contribution is -0.137. The van der Waals surface area contributed by atoms with E-state index in [9.17, 15) is 4.79 Å². The van der Waals surface area contributed by atoms with Crippen LogP contribution in [0, 0.1) is 0 Å². The summed E-state index contributed by atoms with van der Waals surface area (Å²) in [5.41, 5.74) is 3.46. The van der Waals surface area contributed by atoms with Crippen LogP contribution in [0.1, 0.15) is 38.1 Å². The highest BCUT2D eigenvalue weighted by Crippen LogP contribution is 2.36. The lowest BCUT2D eigenvalue weighted by Gasteiger charge is -2.22. The monoisotopic (exact) mass is 344 g/mol. The normalized spacial score (nSPS) is 11.7. The standard InChI is InChI=1S/C20H24O3S/c1-6-23-19(21)10-8-16-11-15(13-24-16)14-7-9-18(22-5)17(12-14)20(2,3)4/h7-13H,6H2,1-5H3/b10-8+. The maximum absolute atomic E-state index is 11.4. The molecule has 0 aliphatic rings. The van der Waals surface area contributed by atoms with Crippen LogP contribution in [0.5, 0.6) is 5.75 Å². The van der Waals surface area contributed by atoms with Crippen molar-refractivity contribution in [1.82, 2.24) is 0 Å². The molecule has 0 saturated heterocycles. The molecule has 4 heteroatoms. The van der Waals surface area contributed by atoms with E-state index in [0.717, 1.165) is 21.8 Å². The van der Waals surface area contributed by atoms with E-state index >= 15 is 0 Å². The van der Waals surface area contributed by atoms with Crippen molar-refractivity contribution in [3.8, 4) is 16.9 Å². The fourth-order valence-electron chi connectivity index (χ4n) is 2.41. The number of rotatable bonds is 5. The lowest BCUT2D eigenvalue weighted by atomic mass is 9.85. The van der Waals surface area contributed by atoms with Gasteiger partial charge in [0.25, 0.3) is 0 Å². The van der Waals surface area contributed by atoms with Crippen molar-refractivity contribution in [2.24, 2.45) is 0 Å². The second-order valence-electron chi connectivity index (χ2n) is 6.49. The van der Waals surface area contributed by atoms with Gasteiger partial charge in [0, 0.05) is 16.5 Å². The molecule has 0 fully saturated rings. The minimum absolute atomic E-state index is 0.00399. The molecule has 0 N–H and O–H groups in total. The summed E-state index contributed by atoms with van der Waals surface area (Å²) in [6, 6.07) is 8.34. The van der Waals surface area contributed by atoms with Crippen LogP contribution < -0.4 is 4.74 Å². The van der Waals surface area contributed by atoms with Crippen LogP contribution in [0.25, 0.3) is 17.2 Å². The third kappa shape index (κ3) is 4.48. The highest BCUT2D eigenvalue weighted by molar-refractivity contribution is 7.11. The Morgan fingerprint density at radius 3 is 2.58 bits per heavy atom. The third-order valence-electron chi connectivity index (χ3n) is 3.63. The van der Waals surface area contributed by atoms with Crippen LogP contribution in [0.2, 0.25) is 0 Å². The van der Waals surface area contributed by atoms with Gasteiger partial charge < -0.3 is 9.47 Å². The zero-order chi connectivity index (χ0) is 17.7. The van der Waals surface area contributed by atoms with Crippen molar-refractivity contribution in [2.75, 3.05) is 13.7 Å². The van der Waals surface area contributed by atoms with Crippen molar-refractivity contribution < 1.29 is 14.3 Å². The fraction of sp³-hybridized carbons (Fsp3) is 0.350. The third-order valence-corrected chi connectivity index (χ3v) is 4.53. The van der Waals surface area contributed by atoms with Crippen molar-refractivity contribution in [3.05, 3.63) is 46.2 Å². The van der Waals surface area contributed by atoms with Gasteiger partial charge in [0.1, 0.15) is 5.75 Å². The predicted molar refractivity (Wildman–Crippen MR) is 101 cm³/mol. The van der Waals surface area contributed by atoms with Crippen LogP contribution in [-0.4, -0.2) is 19.7 Å². The first-order valence-corrected chi connectivity index (χ1v) is 8.85. The highest BCUT2D eigenvalue weighted by atomic mass is 32.1. The molecule has 24 heavy (non-hydrogen) atoms. The second kappa shape index (κ2) is 7.67. The maximum atomic E-state index is 11.4. The van der Waals surface area contributed by atoms with Gasteiger partial charge in [-0.05, 0) is 53.1 Å². The van der Waals surface area contributed by atoms with Crippen LogP contribution in [0.3, 0.4) is 0 Å². The number of hydrogen-bond donors (Lipinski definition) is 0. The average Bonchev–Trinajstić information content (AvgIpc) is 3.01. The molecule has 1 aromatic heterocycles. The molecular weight excluding hydrogens is 320 g/mol. The average molecular weight is 344 g/mol. The Kier molecular flexibility index (Phi) is 5.84. The van der Waals surface area contributed by atoms with Gasteiger partial charge in [0.2, 0.25) is 0 Å². The number of esters is 1. The number of carbonyl (C=O) groups is 1. The van der Waals surface area contributed by atoms with E-state index in [1.54, 1.807) is 31.4 Å². The summed E-state index contributed by atoms with van der Waals surface area (Å²) in [5, 5.41) is 2.10. The zero-order valence-corrected chi connectivity index (χ0v) is 15.7. The Bertz CT molecular complexity index is 736. The zero-order valence-electron chi connectivity index (χ0n) is 14.9. The molecule has 0 unspecified atom stereocenters. The van der Waals surface area contributed by atoms with E-state index in [2.05, 4.69) is 44.4 Å². The van der Waals surface area contributed by atoms with E-state index in [1.807, 2.05) is 6.07 Å². The maximum Gasteiger partial charge on any atom is 0.330 e. The van der Waals surface area contributed by atoms with Gasteiger partial charge in [-0.25, -0.2) is 4.79 Å². The highest BCUT2D eigenvalue weighted by Gasteiger charge is 2.19. The quantitative estimate of drug-likeness (QED) is 0.545. The van der Waals surface area contributed by atoms with Crippen LogP contribution in [-0.2, 0) is 14.9 Å². The van der Waals surface area contributed by atoms with Crippen LogP contribution in [0.15, 0.2) is 35.7 Å². The SMILES string of the molecule is CCOC(=O)/C=C/c1cc(-c2ccc(OC)c(C(C)(C)C)c2)cs1. The molecule has 1 aromatic carbocycles. The smallest absolute Gasteiger partial charge is 0.330 e. The largest absolute Gasteiger partial charge is 0.496 e. The van der Waals surface area contributed by atoms with E-state index < -0.39 is 0 Å². The van der Waals surface area contributed by atoms with E-state index in [-0.39, 0.29) is 11.4 Å². The van der Waals surface area contributed by atoms with Gasteiger partial charge >= 0.3 is 5.97 Å². The number of methoxy groups -OCH3 is 1. The molecule has 0 radical (unpaired) electrons. The predicted octanol–water partition coefficient (Wildman–Crippen LogP) is 5.30. The van der Waals surface area contributed by atoms with E-state index in [4.69, 9.17) is 9.47 Å². The van der Waals surface area contributed by atoms with Gasteiger partial charge in [-0.1, -0.05) is 26.8 Å². The van der Waals surface area contributed by atoms with Gasteiger partial charge in [0.15, 0.2) is 0 Å². The Hall–Kier alpha value is -2.07. The summed E-state index contributed by atoms with van der Waals surface area (Å²) in [6.45, 7) is 8.72. The van der Waals surface area contributed by atoms with Crippen molar-refractivity contribution in [3.63, 3.8) is 0 Å². The van der Waals surface area contributed by atoms with Gasteiger partial charge in [-0.2, -0.15) is 0 Å². The first-order valence-electron chi connectivity index (χ1n) is 7.97. The molecule has 1 heterocycles. The molecule has 2 rings (SSSR count). The Labute approximate surface area is 147 Å². The molecule has 0 aliphatic heterocycles. The minimum atomic E-state index is -0.313. The van der Waals surface area contributed by atoms with Gasteiger partial charge in [-0.3, -0.25) is 0 Å². The number of ether oxygens (including phenoxy) is 2.